The molecule has 2 aliphatic rings. The van der Waals surface area contributed by atoms with Crippen molar-refractivity contribution in [1.29, 1.82) is 0 Å². The van der Waals surface area contributed by atoms with E-state index >= 15 is 0 Å². The van der Waals surface area contributed by atoms with Crippen LogP contribution in [0.5, 0.6) is 5.75 Å². The summed E-state index contributed by atoms with van der Waals surface area (Å²) in [6, 6.07) is 12.3. The Morgan fingerprint density at radius 1 is 0.903 bits per heavy atom. The zero-order valence-corrected chi connectivity index (χ0v) is 18.0. The fourth-order valence-electron chi connectivity index (χ4n) is 4.54. The molecular weight excluding hydrogens is 395 g/mol. The maximum absolute atomic E-state index is 13.9. The van der Waals surface area contributed by atoms with Crippen LogP contribution in [0.2, 0.25) is 0 Å². The summed E-state index contributed by atoms with van der Waals surface area (Å²) < 4.78 is 18.8. The summed E-state index contributed by atoms with van der Waals surface area (Å²) in [4.78, 5) is 28.9. The largest absolute Gasteiger partial charge is 0.494 e. The van der Waals surface area contributed by atoms with Gasteiger partial charge < -0.3 is 14.5 Å². The van der Waals surface area contributed by atoms with Crippen LogP contribution in [0.15, 0.2) is 42.5 Å². The van der Waals surface area contributed by atoms with E-state index in [9.17, 15) is 14.0 Å². The summed E-state index contributed by atoms with van der Waals surface area (Å²) in [7, 11) is 1.41. The van der Waals surface area contributed by atoms with Gasteiger partial charge in [0.15, 0.2) is 11.6 Å². The lowest BCUT2D eigenvalue weighted by atomic mass is 9.89. The Labute approximate surface area is 182 Å². The normalized spacial score (nSPS) is 17.1. The lowest BCUT2D eigenvalue weighted by Gasteiger charge is -2.32. The highest BCUT2D eigenvalue weighted by molar-refractivity contribution is 5.95. The van der Waals surface area contributed by atoms with Gasteiger partial charge in [-0.05, 0) is 73.9 Å². The van der Waals surface area contributed by atoms with Gasteiger partial charge in [-0.3, -0.25) is 9.59 Å². The molecule has 2 heterocycles. The van der Waals surface area contributed by atoms with E-state index < -0.39 is 5.82 Å². The topological polar surface area (TPSA) is 49.9 Å². The summed E-state index contributed by atoms with van der Waals surface area (Å²) in [5, 5.41) is 0. The van der Waals surface area contributed by atoms with Crippen LogP contribution in [0.3, 0.4) is 0 Å². The Kier molecular flexibility index (Phi) is 6.54. The second-order valence-corrected chi connectivity index (χ2v) is 8.49. The van der Waals surface area contributed by atoms with Crippen molar-refractivity contribution in [3.63, 3.8) is 0 Å². The molecule has 31 heavy (non-hydrogen) atoms. The van der Waals surface area contributed by atoms with Crippen molar-refractivity contribution in [2.45, 2.75) is 32.1 Å². The van der Waals surface area contributed by atoms with Crippen LogP contribution in [0.25, 0.3) is 0 Å². The van der Waals surface area contributed by atoms with Gasteiger partial charge in [-0.15, -0.1) is 0 Å². The molecule has 0 aliphatic carbocycles. The Balaban J connectivity index is 1.29. The third-order valence-electron chi connectivity index (χ3n) is 6.42. The van der Waals surface area contributed by atoms with Crippen molar-refractivity contribution >= 4 is 11.8 Å². The minimum atomic E-state index is -0.519. The number of nitrogens with zero attached hydrogens (tertiary/aromatic N) is 2. The zero-order valence-electron chi connectivity index (χ0n) is 18.0. The van der Waals surface area contributed by atoms with E-state index in [2.05, 4.69) is 12.1 Å². The van der Waals surface area contributed by atoms with E-state index in [1.54, 1.807) is 11.0 Å². The Bertz CT molecular complexity index is 930. The molecule has 0 N–H and O–H groups in total. The van der Waals surface area contributed by atoms with Crippen LogP contribution in [-0.4, -0.2) is 54.9 Å². The molecule has 164 valence electrons. The van der Waals surface area contributed by atoms with Crippen molar-refractivity contribution in [1.82, 2.24) is 9.80 Å². The summed E-state index contributed by atoms with van der Waals surface area (Å²) in [6.45, 7) is 3.06. The number of hydrogen-bond donors (Lipinski definition) is 0. The number of carbonyl (C=O) groups is 2. The lowest BCUT2D eigenvalue weighted by Crippen LogP contribution is -2.39. The second-order valence-electron chi connectivity index (χ2n) is 8.49. The third-order valence-corrected chi connectivity index (χ3v) is 6.42. The van der Waals surface area contributed by atoms with Crippen molar-refractivity contribution in [3.8, 4) is 5.75 Å². The van der Waals surface area contributed by atoms with Crippen LogP contribution in [0.4, 0.5) is 4.39 Å². The smallest absolute Gasteiger partial charge is 0.253 e. The van der Waals surface area contributed by atoms with E-state index in [0.717, 1.165) is 50.8 Å². The first kappa shape index (κ1) is 21.3. The third kappa shape index (κ3) is 4.89. The predicted molar refractivity (Wildman–Crippen MR) is 117 cm³/mol. The molecule has 2 fully saturated rings. The Hall–Kier alpha value is -2.89. The Morgan fingerprint density at radius 2 is 1.48 bits per heavy atom. The summed E-state index contributed by atoms with van der Waals surface area (Å²) in [5.74, 6) is 0.116. The van der Waals surface area contributed by atoms with E-state index in [-0.39, 0.29) is 17.6 Å². The number of piperidine rings is 1. The highest BCUT2D eigenvalue weighted by atomic mass is 19.1. The first-order valence-electron chi connectivity index (χ1n) is 11.1. The fraction of sp³-hybridized carbons (Fsp3) is 0.440. The van der Waals surface area contributed by atoms with Gasteiger partial charge in [0.25, 0.3) is 11.8 Å². The minimum Gasteiger partial charge on any atom is -0.494 e. The highest BCUT2D eigenvalue weighted by Gasteiger charge is 2.25. The van der Waals surface area contributed by atoms with Crippen molar-refractivity contribution < 1.29 is 18.7 Å². The molecule has 2 aromatic rings. The molecule has 0 aromatic heterocycles. The first-order valence-corrected chi connectivity index (χ1v) is 11.1. The number of likely N-dealkylation sites (tertiary alicyclic amines) is 2. The number of rotatable bonds is 5. The molecule has 0 unspecified atom stereocenters. The van der Waals surface area contributed by atoms with E-state index in [1.807, 2.05) is 17.0 Å². The first-order chi connectivity index (χ1) is 15.0. The van der Waals surface area contributed by atoms with Gasteiger partial charge in [0.2, 0.25) is 0 Å². The number of carbonyl (C=O) groups excluding carboxylic acids is 2. The van der Waals surface area contributed by atoms with Crippen LogP contribution < -0.4 is 4.74 Å². The van der Waals surface area contributed by atoms with Gasteiger partial charge in [0, 0.05) is 37.3 Å². The second kappa shape index (κ2) is 9.50. The number of halogens is 1. The van der Waals surface area contributed by atoms with Crippen LogP contribution in [0.1, 0.15) is 52.0 Å². The van der Waals surface area contributed by atoms with Crippen LogP contribution in [0, 0.1) is 11.7 Å². The molecule has 0 atom stereocenters. The van der Waals surface area contributed by atoms with Gasteiger partial charge in [0.1, 0.15) is 0 Å². The van der Waals surface area contributed by atoms with Gasteiger partial charge >= 0.3 is 0 Å². The number of hydrogen-bond acceptors (Lipinski definition) is 3. The molecule has 2 amide bonds. The molecule has 0 radical (unpaired) electrons. The van der Waals surface area contributed by atoms with Crippen LogP contribution in [-0.2, 0) is 6.42 Å². The van der Waals surface area contributed by atoms with E-state index in [1.165, 1.54) is 24.8 Å². The van der Waals surface area contributed by atoms with E-state index in [0.29, 0.717) is 24.6 Å². The molecule has 0 bridgehead atoms. The van der Waals surface area contributed by atoms with Crippen molar-refractivity contribution in [2.24, 2.45) is 5.92 Å². The fourth-order valence-corrected chi connectivity index (χ4v) is 4.54. The summed E-state index contributed by atoms with van der Waals surface area (Å²) >= 11 is 0. The molecule has 0 saturated carbocycles. The molecule has 6 heteroatoms. The molecule has 4 rings (SSSR count). The van der Waals surface area contributed by atoms with Gasteiger partial charge in [0.05, 0.1) is 7.11 Å². The molecular formula is C25H29FN2O3. The van der Waals surface area contributed by atoms with Gasteiger partial charge in [-0.1, -0.05) is 12.1 Å². The molecule has 2 saturated heterocycles. The number of ether oxygens (including phenoxy) is 1. The quantitative estimate of drug-likeness (QED) is 0.724. The van der Waals surface area contributed by atoms with Gasteiger partial charge in [-0.25, -0.2) is 4.39 Å². The van der Waals surface area contributed by atoms with Crippen molar-refractivity contribution in [2.75, 3.05) is 33.3 Å². The average molecular weight is 425 g/mol. The maximum Gasteiger partial charge on any atom is 0.253 e. The molecule has 2 aromatic carbocycles. The average Bonchev–Trinajstić information content (AvgIpc) is 3.34. The Morgan fingerprint density at radius 3 is 2.10 bits per heavy atom. The molecule has 5 nitrogen and oxygen atoms in total. The van der Waals surface area contributed by atoms with Crippen LogP contribution >= 0.6 is 0 Å². The number of amides is 2. The monoisotopic (exact) mass is 424 g/mol. The number of benzene rings is 2. The van der Waals surface area contributed by atoms with Crippen molar-refractivity contribution in [3.05, 3.63) is 65.0 Å². The predicted octanol–water partition coefficient (Wildman–Crippen LogP) is 4.17. The van der Waals surface area contributed by atoms with Gasteiger partial charge in [-0.2, -0.15) is 0 Å². The highest BCUT2D eigenvalue weighted by Crippen LogP contribution is 2.25. The molecule has 0 spiro atoms. The lowest BCUT2D eigenvalue weighted by molar-refractivity contribution is 0.0689. The van der Waals surface area contributed by atoms with E-state index in [4.69, 9.17) is 4.74 Å². The number of methoxy groups -OCH3 is 1. The molecule has 2 aliphatic heterocycles. The maximum atomic E-state index is 13.9. The minimum absolute atomic E-state index is 0.130. The zero-order chi connectivity index (χ0) is 21.8. The standard InChI is InChI=1S/C25H29FN2O3/c1-31-23-9-8-21(17-22(23)26)25(30)28-14-10-19(11-15-28)16-18-4-6-20(7-5-18)24(29)27-12-2-3-13-27/h4-9,17,19H,2-3,10-16H2,1H3. The summed E-state index contributed by atoms with van der Waals surface area (Å²) in [6.07, 6.45) is 4.96. The SMILES string of the molecule is COc1ccc(C(=O)N2CCC(Cc3ccc(C(=O)N4CCCC4)cc3)CC2)cc1F. The summed E-state index contributed by atoms with van der Waals surface area (Å²) in [5.41, 5.74) is 2.34.